The van der Waals surface area contributed by atoms with Crippen molar-refractivity contribution in [2.45, 2.75) is 45.6 Å². The summed E-state index contributed by atoms with van der Waals surface area (Å²) in [7, 11) is 1.60. The Balaban J connectivity index is 1.47. The molecule has 0 radical (unpaired) electrons. The normalized spacial score (nSPS) is 13.6. The van der Waals surface area contributed by atoms with Gasteiger partial charge in [-0.05, 0) is 87.1 Å². The first-order chi connectivity index (χ1) is 14.5. The third-order valence-corrected chi connectivity index (χ3v) is 5.29. The second-order valence-electron chi connectivity index (χ2n) is 7.83. The third-order valence-electron chi connectivity index (χ3n) is 5.29. The Bertz CT molecular complexity index is 1100. The predicted molar refractivity (Wildman–Crippen MR) is 119 cm³/mol. The molecule has 1 aromatic heterocycles. The number of hydrazone groups is 1. The van der Waals surface area contributed by atoms with E-state index < -0.39 is 0 Å². The van der Waals surface area contributed by atoms with E-state index in [1.54, 1.807) is 13.3 Å². The maximum absolute atomic E-state index is 12.6. The van der Waals surface area contributed by atoms with Crippen molar-refractivity contribution in [1.82, 2.24) is 10.4 Å². The van der Waals surface area contributed by atoms with E-state index in [1.165, 1.54) is 24.1 Å². The Morgan fingerprint density at radius 2 is 1.97 bits per heavy atom. The highest BCUT2D eigenvalue weighted by Gasteiger charge is 2.16. The van der Waals surface area contributed by atoms with Crippen LogP contribution in [0.15, 0.2) is 41.5 Å². The van der Waals surface area contributed by atoms with Gasteiger partial charge in [0.15, 0.2) is 11.5 Å². The number of carbonyl (C=O) groups is 1. The van der Waals surface area contributed by atoms with E-state index in [-0.39, 0.29) is 12.0 Å². The molecule has 3 aromatic rings. The number of nitrogens with zero attached hydrogens (tertiary/aromatic N) is 1. The van der Waals surface area contributed by atoms with E-state index in [2.05, 4.69) is 15.5 Å². The van der Waals surface area contributed by atoms with Gasteiger partial charge < -0.3 is 14.5 Å². The van der Waals surface area contributed by atoms with Crippen molar-refractivity contribution in [2.75, 3.05) is 7.11 Å². The average Bonchev–Trinajstić information content (AvgIpc) is 3.12. The number of hydrogen-bond donors (Lipinski definition) is 2. The van der Waals surface area contributed by atoms with E-state index in [1.807, 2.05) is 50.2 Å². The van der Waals surface area contributed by atoms with Crippen LogP contribution in [0.1, 0.15) is 53.9 Å². The Hall–Kier alpha value is -3.28. The van der Waals surface area contributed by atoms with Gasteiger partial charge in [-0.2, -0.15) is 5.10 Å². The molecule has 30 heavy (non-hydrogen) atoms. The van der Waals surface area contributed by atoms with E-state index in [4.69, 9.17) is 9.47 Å². The number of fused-ring (bicyclic) bond motifs is 3. The third kappa shape index (κ3) is 4.17. The first kappa shape index (κ1) is 20.0. The summed E-state index contributed by atoms with van der Waals surface area (Å²) in [5, 5.41) is 5.26. The highest BCUT2D eigenvalue weighted by molar-refractivity contribution is 5.99. The molecule has 0 bridgehead atoms. The Morgan fingerprint density at radius 1 is 1.13 bits per heavy atom. The van der Waals surface area contributed by atoms with Crippen molar-refractivity contribution < 1.29 is 14.3 Å². The minimum absolute atomic E-state index is 0.0562. The van der Waals surface area contributed by atoms with Crippen molar-refractivity contribution in [3.63, 3.8) is 0 Å². The van der Waals surface area contributed by atoms with Crippen LogP contribution in [0.5, 0.6) is 11.5 Å². The summed E-state index contributed by atoms with van der Waals surface area (Å²) in [5.41, 5.74) is 7.78. The number of carbonyl (C=O) groups excluding carboxylic acids is 1. The zero-order valence-electron chi connectivity index (χ0n) is 17.6. The fourth-order valence-electron chi connectivity index (χ4n) is 3.89. The standard InChI is InChI=1S/C24H27N3O3/c1-15(2)30-22-11-8-16(12-23(22)29-3)14-25-27-24(28)17-9-10-21-19(13-17)18-6-4-5-7-20(18)26-21/h8-15,26H,4-7H2,1-3H3,(H,27,28)/b25-14+. The number of benzene rings is 2. The van der Waals surface area contributed by atoms with E-state index in [0.29, 0.717) is 17.1 Å². The zero-order chi connectivity index (χ0) is 21.1. The Kier molecular flexibility index (Phi) is 5.74. The molecule has 1 amide bonds. The second kappa shape index (κ2) is 8.61. The van der Waals surface area contributed by atoms with Crippen LogP contribution in [0.3, 0.4) is 0 Å². The van der Waals surface area contributed by atoms with Crippen LogP contribution in [0.4, 0.5) is 0 Å². The lowest BCUT2D eigenvalue weighted by molar-refractivity contribution is 0.0955. The highest BCUT2D eigenvalue weighted by Crippen LogP contribution is 2.30. The number of methoxy groups -OCH3 is 1. The molecule has 0 spiro atoms. The Labute approximate surface area is 176 Å². The SMILES string of the molecule is COc1cc(/C=N/NC(=O)c2ccc3[nH]c4c(c3c2)CCCC4)ccc1OC(C)C. The molecule has 0 saturated heterocycles. The van der Waals surface area contributed by atoms with Gasteiger partial charge >= 0.3 is 0 Å². The van der Waals surface area contributed by atoms with E-state index >= 15 is 0 Å². The lowest BCUT2D eigenvalue weighted by atomic mass is 9.95. The molecule has 0 fully saturated rings. The predicted octanol–water partition coefficient (Wildman–Crippen LogP) is 4.61. The minimum atomic E-state index is -0.231. The van der Waals surface area contributed by atoms with Crippen LogP contribution >= 0.6 is 0 Å². The van der Waals surface area contributed by atoms with Crippen LogP contribution in [-0.4, -0.2) is 30.3 Å². The summed E-state index contributed by atoms with van der Waals surface area (Å²) < 4.78 is 11.1. The van der Waals surface area contributed by atoms with Crippen LogP contribution in [0.2, 0.25) is 0 Å². The molecule has 4 rings (SSSR count). The fourth-order valence-corrected chi connectivity index (χ4v) is 3.89. The summed E-state index contributed by atoms with van der Waals surface area (Å²) in [4.78, 5) is 16.1. The molecule has 0 unspecified atom stereocenters. The molecule has 1 aliphatic rings. The topological polar surface area (TPSA) is 75.7 Å². The zero-order valence-corrected chi connectivity index (χ0v) is 17.6. The molecule has 2 N–H and O–H groups in total. The maximum Gasteiger partial charge on any atom is 0.271 e. The molecule has 1 heterocycles. The first-order valence-corrected chi connectivity index (χ1v) is 10.4. The second-order valence-corrected chi connectivity index (χ2v) is 7.83. The van der Waals surface area contributed by atoms with Gasteiger partial charge in [0.25, 0.3) is 5.91 Å². The number of aromatic amines is 1. The Morgan fingerprint density at radius 3 is 2.77 bits per heavy atom. The average molecular weight is 405 g/mol. The molecule has 6 nitrogen and oxygen atoms in total. The molecule has 0 aliphatic heterocycles. The lowest BCUT2D eigenvalue weighted by Gasteiger charge is -2.13. The van der Waals surface area contributed by atoms with Crippen LogP contribution in [0, 0.1) is 0 Å². The molecular weight excluding hydrogens is 378 g/mol. The molecule has 0 atom stereocenters. The molecular formula is C24H27N3O3. The van der Waals surface area contributed by atoms with E-state index in [9.17, 15) is 4.79 Å². The first-order valence-electron chi connectivity index (χ1n) is 10.4. The van der Waals surface area contributed by atoms with Gasteiger partial charge in [0, 0.05) is 22.2 Å². The number of aromatic nitrogens is 1. The lowest BCUT2D eigenvalue weighted by Crippen LogP contribution is -2.17. The number of amides is 1. The van der Waals surface area contributed by atoms with Crippen LogP contribution in [0.25, 0.3) is 10.9 Å². The number of hydrogen-bond acceptors (Lipinski definition) is 4. The summed E-state index contributed by atoms with van der Waals surface area (Å²) >= 11 is 0. The molecule has 156 valence electrons. The minimum Gasteiger partial charge on any atom is -0.493 e. The number of ether oxygens (including phenoxy) is 2. The van der Waals surface area contributed by atoms with Gasteiger partial charge in [0.1, 0.15) is 0 Å². The van der Waals surface area contributed by atoms with E-state index in [0.717, 1.165) is 29.3 Å². The number of aryl methyl sites for hydroxylation is 2. The highest BCUT2D eigenvalue weighted by atomic mass is 16.5. The number of nitrogens with one attached hydrogen (secondary N) is 2. The quantitative estimate of drug-likeness (QED) is 0.465. The van der Waals surface area contributed by atoms with Gasteiger partial charge in [-0.1, -0.05) is 0 Å². The number of rotatable bonds is 6. The van der Waals surface area contributed by atoms with Crippen molar-refractivity contribution >= 4 is 23.0 Å². The van der Waals surface area contributed by atoms with Crippen molar-refractivity contribution in [3.8, 4) is 11.5 Å². The van der Waals surface area contributed by atoms with Crippen molar-refractivity contribution in [3.05, 3.63) is 58.8 Å². The van der Waals surface area contributed by atoms with Crippen LogP contribution < -0.4 is 14.9 Å². The van der Waals surface area contributed by atoms with Gasteiger partial charge in [-0.3, -0.25) is 4.79 Å². The van der Waals surface area contributed by atoms with Gasteiger partial charge in [0.05, 0.1) is 19.4 Å². The fraction of sp³-hybridized carbons (Fsp3) is 0.333. The summed E-state index contributed by atoms with van der Waals surface area (Å²) in [5.74, 6) is 1.07. The largest absolute Gasteiger partial charge is 0.493 e. The van der Waals surface area contributed by atoms with Crippen molar-refractivity contribution in [1.29, 1.82) is 0 Å². The van der Waals surface area contributed by atoms with Gasteiger partial charge in [0.2, 0.25) is 0 Å². The molecule has 1 aliphatic carbocycles. The van der Waals surface area contributed by atoms with Crippen molar-refractivity contribution in [2.24, 2.45) is 5.10 Å². The summed E-state index contributed by atoms with van der Waals surface area (Å²) in [6.07, 6.45) is 6.22. The smallest absolute Gasteiger partial charge is 0.271 e. The summed E-state index contributed by atoms with van der Waals surface area (Å²) in [6.45, 7) is 3.93. The van der Waals surface area contributed by atoms with Crippen LogP contribution in [-0.2, 0) is 12.8 Å². The summed E-state index contributed by atoms with van der Waals surface area (Å²) in [6, 6.07) is 11.3. The molecule has 0 saturated carbocycles. The number of H-pyrrole nitrogens is 1. The van der Waals surface area contributed by atoms with Gasteiger partial charge in [-0.25, -0.2) is 5.43 Å². The monoisotopic (exact) mass is 405 g/mol. The van der Waals surface area contributed by atoms with Gasteiger partial charge in [-0.15, -0.1) is 0 Å². The molecule has 6 heteroatoms. The maximum atomic E-state index is 12.6. The molecule has 2 aromatic carbocycles.